The molecule has 90 valence electrons. The van der Waals surface area contributed by atoms with Gasteiger partial charge in [-0.05, 0) is 42.0 Å². The fourth-order valence-corrected chi connectivity index (χ4v) is 1.76. The lowest BCUT2D eigenvalue weighted by molar-refractivity contribution is 0.627. The van der Waals surface area contributed by atoms with E-state index >= 15 is 0 Å². The van der Waals surface area contributed by atoms with E-state index in [-0.39, 0.29) is 5.82 Å². The summed E-state index contributed by atoms with van der Waals surface area (Å²) in [4.78, 5) is 0. The number of halogens is 2. The van der Waals surface area contributed by atoms with E-state index in [1.807, 2.05) is 12.1 Å². The molecule has 0 spiro atoms. The molecule has 0 unspecified atom stereocenters. The first kappa shape index (κ1) is 12.4. The molecule has 2 aromatic carbocycles. The van der Waals surface area contributed by atoms with Gasteiger partial charge in [0, 0.05) is 17.3 Å². The molecule has 0 aromatic heterocycles. The number of nitriles is 1. The summed E-state index contributed by atoms with van der Waals surface area (Å²) in [6.07, 6.45) is 0. The van der Waals surface area contributed by atoms with Crippen LogP contribution in [0.1, 0.15) is 11.1 Å². The molecule has 0 aliphatic rings. The third-order valence-electron chi connectivity index (χ3n) is 2.51. The molecule has 0 heterocycles. The molecule has 2 nitrogen and oxygen atoms in total. The monoisotopic (exact) mass is 260 g/mol. The number of nitrogens with zero attached hydrogens (tertiary/aromatic N) is 1. The topological polar surface area (TPSA) is 35.8 Å². The smallest absolute Gasteiger partial charge is 0.124 e. The largest absolute Gasteiger partial charge is 0.381 e. The fraction of sp³-hybridized carbons (Fsp3) is 0.0714. The maximum absolute atomic E-state index is 12.9. The van der Waals surface area contributed by atoms with E-state index in [2.05, 4.69) is 11.4 Å². The van der Waals surface area contributed by atoms with Crippen LogP contribution in [0.3, 0.4) is 0 Å². The molecule has 0 saturated heterocycles. The zero-order valence-electron chi connectivity index (χ0n) is 9.45. The van der Waals surface area contributed by atoms with Crippen molar-refractivity contribution < 1.29 is 4.39 Å². The number of hydrogen-bond donors (Lipinski definition) is 1. The molecule has 0 radical (unpaired) electrons. The normalized spacial score (nSPS) is 9.83. The van der Waals surface area contributed by atoms with Crippen LogP contribution in [0, 0.1) is 17.1 Å². The fourth-order valence-electron chi connectivity index (χ4n) is 1.52. The Kier molecular flexibility index (Phi) is 3.81. The van der Waals surface area contributed by atoms with Crippen molar-refractivity contribution in [1.82, 2.24) is 0 Å². The Bertz CT molecular complexity index is 588. The number of rotatable bonds is 3. The predicted molar refractivity (Wildman–Crippen MR) is 69.9 cm³/mol. The number of nitrogens with one attached hydrogen (secondary N) is 1. The van der Waals surface area contributed by atoms with Crippen LogP contribution < -0.4 is 5.32 Å². The van der Waals surface area contributed by atoms with Crippen LogP contribution in [0.4, 0.5) is 10.1 Å². The molecule has 18 heavy (non-hydrogen) atoms. The average Bonchev–Trinajstić information content (AvgIpc) is 2.38. The molecule has 0 bridgehead atoms. The first-order valence-electron chi connectivity index (χ1n) is 5.37. The Morgan fingerprint density at radius 1 is 1.17 bits per heavy atom. The van der Waals surface area contributed by atoms with Gasteiger partial charge in [-0.25, -0.2) is 4.39 Å². The van der Waals surface area contributed by atoms with E-state index in [4.69, 9.17) is 16.9 Å². The Morgan fingerprint density at radius 3 is 2.50 bits per heavy atom. The van der Waals surface area contributed by atoms with Crippen molar-refractivity contribution in [2.45, 2.75) is 6.54 Å². The first-order chi connectivity index (χ1) is 8.69. The van der Waals surface area contributed by atoms with E-state index < -0.39 is 0 Å². The molecular weight excluding hydrogens is 251 g/mol. The molecule has 0 aliphatic heterocycles. The molecule has 0 aliphatic carbocycles. The van der Waals surface area contributed by atoms with Crippen LogP contribution in [0.5, 0.6) is 0 Å². The van der Waals surface area contributed by atoms with Crippen molar-refractivity contribution in [2.24, 2.45) is 0 Å². The Morgan fingerprint density at radius 2 is 1.89 bits per heavy atom. The minimum atomic E-state index is -0.345. The van der Waals surface area contributed by atoms with E-state index in [0.717, 1.165) is 11.3 Å². The summed E-state index contributed by atoms with van der Waals surface area (Å²) in [5, 5.41) is 12.2. The lowest BCUT2D eigenvalue weighted by Gasteiger charge is -2.08. The molecule has 0 saturated carbocycles. The molecule has 2 aromatic rings. The van der Waals surface area contributed by atoms with Crippen molar-refractivity contribution in [1.29, 1.82) is 5.26 Å². The molecule has 4 heteroatoms. The summed E-state index contributed by atoms with van der Waals surface area (Å²) in [7, 11) is 0. The zero-order valence-corrected chi connectivity index (χ0v) is 10.2. The quantitative estimate of drug-likeness (QED) is 0.907. The summed E-state index contributed by atoms with van der Waals surface area (Å²) >= 11 is 5.92. The highest BCUT2D eigenvalue weighted by molar-refractivity contribution is 6.31. The summed E-state index contributed by atoms with van der Waals surface area (Å²) < 4.78 is 12.9. The Hall–Kier alpha value is -2.05. The minimum absolute atomic E-state index is 0.345. The number of hydrogen-bond acceptors (Lipinski definition) is 2. The molecule has 0 amide bonds. The van der Waals surface area contributed by atoms with Gasteiger partial charge in [-0.2, -0.15) is 5.26 Å². The van der Waals surface area contributed by atoms with Crippen molar-refractivity contribution in [3.05, 3.63) is 64.4 Å². The van der Waals surface area contributed by atoms with Gasteiger partial charge in [0.1, 0.15) is 5.82 Å². The van der Waals surface area contributed by atoms with Crippen LogP contribution in [-0.2, 0) is 6.54 Å². The van der Waals surface area contributed by atoms with Gasteiger partial charge in [0.15, 0.2) is 0 Å². The van der Waals surface area contributed by atoms with Gasteiger partial charge in [-0.15, -0.1) is 0 Å². The summed E-state index contributed by atoms with van der Waals surface area (Å²) in [5.41, 5.74) is 2.32. The summed E-state index contributed by atoms with van der Waals surface area (Å²) in [6.45, 7) is 0.505. The van der Waals surface area contributed by atoms with Gasteiger partial charge < -0.3 is 5.32 Å². The lowest BCUT2D eigenvalue weighted by atomic mass is 10.2. The van der Waals surface area contributed by atoms with E-state index in [9.17, 15) is 4.39 Å². The van der Waals surface area contributed by atoms with Gasteiger partial charge >= 0.3 is 0 Å². The zero-order chi connectivity index (χ0) is 13.0. The van der Waals surface area contributed by atoms with Crippen molar-refractivity contribution >= 4 is 17.3 Å². The standard InChI is InChI=1S/C14H10ClFN2/c15-14-7-12(16)4-3-11(14)9-18-13-5-1-10(8-17)2-6-13/h1-7,18H,9H2. The highest BCUT2D eigenvalue weighted by Gasteiger charge is 2.01. The maximum atomic E-state index is 12.9. The third kappa shape index (κ3) is 2.99. The number of benzene rings is 2. The van der Waals surface area contributed by atoms with Gasteiger partial charge in [-0.3, -0.25) is 0 Å². The minimum Gasteiger partial charge on any atom is -0.381 e. The molecule has 0 fully saturated rings. The number of anilines is 1. The highest BCUT2D eigenvalue weighted by atomic mass is 35.5. The Labute approximate surface area is 110 Å². The first-order valence-corrected chi connectivity index (χ1v) is 5.75. The average molecular weight is 261 g/mol. The summed E-state index contributed by atoms with van der Waals surface area (Å²) in [6, 6.07) is 13.5. The molecular formula is C14H10ClFN2. The van der Waals surface area contributed by atoms with Crippen LogP contribution in [-0.4, -0.2) is 0 Å². The molecule has 1 N–H and O–H groups in total. The van der Waals surface area contributed by atoms with Gasteiger partial charge in [0.05, 0.1) is 11.6 Å². The van der Waals surface area contributed by atoms with Crippen molar-refractivity contribution in [3.63, 3.8) is 0 Å². The van der Waals surface area contributed by atoms with Gasteiger partial charge in [-0.1, -0.05) is 17.7 Å². The van der Waals surface area contributed by atoms with Crippen LogP contribution in [0.2, 0.25) is 5.02 Å². The van der Waals surface area contributed by atoms with E-state index in [0.29, 0.717) is 17.1 Å². The maximum Gasteiger partial charge on any atom is 0.124 e. The second kappa shape index (κ2) is 5.52. The molecule has 0 atom stereocenters. The van der Waals surface area contributed by atoms with Crippen LogP contribution in [0.15, 0.2) is 42.5 Å². The van der Waals surface area contributed by atoms with E-state index in [1.54, 1.807) is 18.2 Å². The van der Waals surface area contributed by atoms with Gasteiger partial charge in [0.25, 0.3) is 0 Å². The SMILES string of the molecule is N#Cc1ccc(NCc2ccc(F)cc2Cl)cc1. The molecule has 2 rings (SSSR count). The third-order valence-corrected chi connectivity index (χ3v) is 2.86. The van der Waals surface area contributed by atoms with Crippen LogP contribution >= 0.6 is 11.6 Å². The van der Waals surface area contributed by atoms with E-state index in [1.165, 1.54) is 12.1 Å². The lowest BCUT2D eigenvalue weighted by Crippen LogP contribution is -2.00. The van der Waals surface area contributed by atoms with Crippen LogP contribution in [0.25, 0.3) is 0 Å². The Balaban J connectivity index is 2.04. The summed E-state index contributed by atoms with van der Waals surface area (Å²) in [5.74, 6) is -0.345. The second-order valence-corrected chi connectivity index (χ2v) is 4.19. The van der Waals surface area contributed by atoms with Crippen molar-refractivity contribution in [2.75, 3.05) is 5.32 Å². The highest BCUT2D eigenvalue weighted by Crippen LogP contribution is 2.19. The van der Waals surface area contributed by atoms with Gasteiger partial charge in [0.2, 0.25) is 0 Å². The second-order valence-electron chi connectivity index (χ2n) is 3.78. The predicted octanol–water partition coefficient (Wildman–Crippen LogP) is 3.96. The van der Waals surface area contributed by atoms with Crippen molar-refractivity contribution in [3.8, 4) is 6.07 Å².